The van der Waals surface area contributed by atoms with E-state index >= 15 is 0 Å². The molecule has 2 unspecified atom stereocenters. The van der Waals surface area contributed by atoms with Gasteiger partial charge in [0.15, 0.2) is 0 Å². The summed E-state index contributed by atoms with van der Waals surface area (Å²) >= 11 is 0. The Morgan fingerprint density at radius 1 is 1.44 bits per heavy atom. The molecule has 0 fully saturated rings. The van der Waals surface area contributed by atoms with Gasteiger partial charge >= 0.3 is 0 Å². The molecule has 1 N–H and O–H groups in total. The maximum absolute atomic E-state index is 13.3. The normalized spacial score (nSPS) is 14.8. The van der Waals surface area contributed by atoms with Gasteiger partial charge in [0.1, 0.15) is 11.6 Å². The Morgan fingerprint density at radius 2 is 2.12 bits per heavy atom. The standard InChI is InChI=1S/C11H15F2NOS/c1-8(14-5-6-16(2)15)10-7-9(12)3-4-11(10)13/h3-4,7-8,14H,5-6H2,1-2H3. The van der Waals surface area contributed by atoms with Crippen molar-refractivity contribution in [2.24, 2.45) is 0 Å². The second-order valence-electron chi connectivity index (χ2n) is 3.62. The second kappa shape index (κ2) is 6.06. The van der Waals surface area contributed by atoms with Crippen LogP contribution >= 0.6 is 0 Å². The molecule has 0 aliphatic heterocycles. The summed E-state index contributed by atoms with van der Waals surface area (Å²) < 4.78 is 37.1. The van der Waals surface area contributed by atoms with Gasteiger partial charge in [-0.3, -0.25) is 4.21 Å². The van der Waals surface area contributed by atoms with E-state index in [0.29, 0.717) is 17.9 Å². The molecule has 1 aromatic carbocycles. The van der Waals surface area contributed by atoms with Crippen LogP contribution in [0.15, 0.2) is 18.2 Å². The van der Waals surface area contributed by atoms with Crippen molar-refractivity contribution in [3.05, 3.63) is 35.4 Å². The summed E-state index contributed by atoms with van der Waals surface area (Å²) in [6.07, 6.45) is 1.61. The van der Waals surface area contributed by atoms with E-state index in [9.17, 15) is 13.0 Å². The first kappa shape index (κ1) is 13.3. The number of rotatable bonds is 5. The Hall–Kier alpha value is -0.810. The van der Waals surface area contributed by atoms with Gasteiger partial charge in [0.2, 0.25) is 0 Å². The molecule has 0 saturated heterocycles. The van der Waals surface area contributed by atoms with Crippen molar-refractivity contribution >= 4 is 10.8 Å². The van der Waals surface area contributed by atoms with Crippen LogP contribution in [0.5, 0.6) is 0 Å². The van der Waals surface area contributed by atoms with Crippen molar-refractivity contribution in [2.45, 2.75) is 13.0 Å². The summed E-state index contributed by atoms with van der Waals surface area (Å²) in [7, 11) is -0.878. The van der Waals surface area contributed by atoms with Gasteiger partial charge in [-0.2, -0.15) is 0 Å². The lowest BCUT2D eigenvalue weighted by atomic mass is 10.1. The van der Waals surface area contributed by atoms with Gasteiger partial charge in [-0.1, -0.05) is 0 Å². The van der Waals surface area contributed by atoms with Crippen LogP contribution < -0.4 is 5.32 Å². The van der Waals surface area contributed by atoms with E-state index < -0.39 is 22.4 Å². The molecule has 1 aromatic rings. The minimum absolute atomic E-state index is 0.292. The Bertz CT molecular complexity index is 384. The Labute approximate surface area is 96.5 Å². The van der Waals surface area contributed by atoms with Crippen molar-refractivity contribution in [1.29, 1.82) is 0 Å². The van der Waals surface area contributed by atoms with Crippen molar-refractivity contribution in [3.63, 3.8) is 0 Å². The highest BCUT2D eigenvalue weighted by molar-refractivity contribution is 7.84. The lowest BCUT2D eigenvalue weighted by Gasteiger charge is -2.14. The van der Waals surface area contributed by atoms with Gasteiger partial charge in [0.05, 0.1) is 0 Å². The SMILES string of the molecule is CC(NCCS(C)=O)c1cc(F)ccc1F. The fraction of sp³-hybridized carbons (Fsp3) is 0.455. The molecule has 2 atom stereocenters. The van der Waals surface area contributed by atoms with Crippen molar-refractivity contribution < 1.29 is 13.0 Å². The largest absolute Gasteiger partial charge is 0.309 e. The molecule has 90 valence electrons. The van der Waals surface area contributed by atoms with E-state index in [0.717, 1.165) is 12.1 Å². The van der Waals surface area contributed by atoms with E-state index in [-0.39, 0.29) is 6.04 Å². The monoisotopic (exact) mass is 247 g/mol. The molecule has 0 amide bonds. The number of hydrogen-bond acceptors (Lipinski definition) is 2. The maximum Gasteiger partial charge on any atom is 0.128 e. The minimum atomic E-state index is -0.878. The van der Waals surface area contributed by atoms with Crippen LogP contribution in [0.4, 0.5) is 8.78 Å². The van der Waals surface area contributed by atoms with Gasteiger partial charge in [-0.05, 0) is 25.1 Å². The molecule has 0 saturated carbocycles. The lowest BCUT2D eigenvalue weighted by Crippen LogP contribution is -2.24. The van der Waals surface area contributed by atoms with E-state index in [4.69, 9.17) is 0 Å². The Balaban J connectivity index is 2.61. The fourth-order valence-corrected chi connectivity index (χ4v) is 1.78. The number of hydrogen-bond donors (Lipinski definition) is 1. The third kappa shape index (κ3) is 3.98. The molecule has 0 heterocycles. The molecule has 0 radical (unpaired) electrons. The zero-order chi connectivity index (χ0) is 12.1. The smallest absolute Gasteiger partial charge is 0.128 e. The van der Waals surface area contributed by atoms with Crippen LogP contribution in [0.1, 0.15) is 18.5 Å². The van der Waals surface area contributed by atoms with Crippen LogP contribution in [-0.4, -0.2) is 22.8 Å². The molecule has 0 aromatic heterocycles. The van der Waals surface area contributed by atoms with E-state index in [1.807, 2.05) is 0 Å². The van der Waals surface area contributed by atoms with E-state index in [2.05, 4.69) is 5.32 Å². The van der Waals surface area contributed by atoms with Crippen molar-refractivity contribution in [3.8, 4) is 0 Å². The quantitative estimate of drug-likeness (QED) is 0.862. The van der Waals surface area contributed by atoms with Crippen LogP contribution in [0.2, 0.25) is 0 Å². The molecule has 0 aliphatic carbocycles. The third-order valence-corrected chi connectivity index (χ3v) is 3.04. The van der Waals surface area contributed by atoms with Crippen molar-refractivity contribution in [1.82, 2.24) is 5.32 Å². The second-order valence-corrected chi connectivity index (χ2v) is 5.17. The van der Waals surface area contributed by atoms with Gasteiger partial charge in [-0.25, -0.2) is 8.78 Å². The Kier molecular flexibility index (Phi) is 5.02. The van der Waals surface area contributed by atoms with Crippen LogP contribution in [0, 0.1) is 11.6 Å². The Morgan fingerprint density at radius 3 is 2.75 bits per heavy atom. The lowest BCUT2D eigenvalue weighted by molar-refractivity contribution is 0.529. The molecule has 0 aliphatic rings. The number of nitrogens with one attached hydrogen (secondary N) is 1. The molecule has 0 bridgehead atoms. The molecular weight excluding hydrogens is 232 g/mol. The summed E-state index contributed by atoms with van der Waals surface area (Å²) in [4.78, 5) is 0. The van der Waals surface area contributed by atoms with E-state index in [1.54, 1.807) is 13.2 Å². The van der Waals surface area contributed by atoms with Crippen LogP contribution in [0.3, 0.4) is 0 Å². The first-order valence-corrected chi connectivity index (χ1v) is 6.72. The minimum Gasteiger partial charge on any atom is -0.309 e. The van der Waals surface area contributed by atoms with Crippen molar-refractivity contribution in [2.75, 3.05) is 18.6 Å². The first-order valence-electron chi connectivity index (χ1n) is 4.99. The summed E-state index contributed by atoms with van der Waals surface area (Å²) in [6, 6.07) is 3.09. The molecule has 5 heteroatoms. The summed E-state index contributed by atoms with van der Waals surface area (Å²) in [6.45, 7) is 2.26. The van der Waals surface area contributed by atoms with Crippen LogP contribution in [0.25, 0.3) is 0 Å². The highest BCUT2D eigenvalue weighted by atomic mass is 32.2. The topological polar surface area (TPSA) is 29.1 Å². The molecular formula is C11H15F2NOS. The zero-order valence-corrected chi connectivity index (χ0v) is 10.1. The highest BCUT2D eigenvalue weighted by Gasteiger charge is 2.11. The summed E-state index contributed by atoms with van der Waals surface area (Å²) in [5.41, 5.74) is 0.293. The molecule has 16 heavy (non-hydrogen) atoms. The molecule has 2 nitrogen and oxygen atoms in total. The maximum atomic E-state index is 13.3. The van der Waals surface area contributed by atoms with Gasteiger partial charge in [0, 0.05) is 41.0 Å². The summed E-state index contributed by atoms with van der Waals surface area (Å²) in [5.74, 6) is -0.385. The number of benzene rings is 1. The predicted octanol–water partition coefficient (Wildman–Crippen LogP) is 1.99. The fourth-order valence-electron chi connectivity index (χ4n) is 1.38. The average molecular weight is 247 g/mol. The predicted molar refractivity (Wildman–Crippen MR) is 61.7 cm³/mol. The average Bonchev–Trinajstić information content (AvgIpc) is 2.21. The van der Waals surface area contributed by atoms with Gasteiger partial charge < -0.3 is 5.32 Å². The highest BCUT2D eigenvalue weighted by Crippen LogP contribution is 2.17. The third-order valence-electron chi connectivity index (χ3n) is 2.26. The van der Waals surface area contributed by atoms with Gasteiger partial charge in [-0.15, -0.1) is 0 Å². The first-order chi connectivity index (χ1) is 7.50. The summed E-state index contributed by atoms with van der Waals surface area (Å²) in [5, 5.41) is 3.00. The zero-order valence-electron chi connectivity index (χ0n) is 9.30. The van der Waals surface area contributed by atoms with Gasteiger partial charge in [0.25, 0.3) is 0 Å². The number of halogens is 2. The molecule has 1 rings (SSSR count). The molecule has 0 spiro atoms. The van der Waals surface area contributed by atoms with E-state index in [1.165, 1.54) is 6.07 Å². The van der Waals surface area contributed by atoms with Crippen LogP contribution in [-0.2, 0) is 10.8 Å².